The van der Waals surface area contributed by atoms with Gasteiger partial charge >= 0.3 is 5.65 Å². The number of nitrogens with one attached hydrogen (secondary N) is 2. The van der Waals surface area contributed by atoms with Crippen LogP contribution in [0, 0.1) is 0 Å². The van der Waals surface area contributed by atoms with Crippen molar-refractivity contribution >= 4 is 28.4 Å². The van der Waals surface area contributed by atoms with E-state index in [0.717, 1.165) is 29.4 Å². The molecule has 2 fully saturated rings. The molecule has 1 amide bonds. The Hall–Kier alpha value is -3.70. The lowest BCUT2D eigenvalue weighted by Crippen LogP contribution is -2.50. The molecule has 3 N–H and O–H groups in total. The van der Waals surface area contributed by atoms with Gasteiger partial charge in [-0.05, 0) is 29.7 Å². The van der Waals surface area contributed by atoms with Crippen LogP contribution in [0.3, 0.4) is 0 Å². The molecule has 6 rings (SSSR count). The molecule has 35 heavy (non-hydrogen) atoms. The normalized spacial score (nSPS) is 21.9. The molecule has 1 aliphatic carbocycles. The SMILES string of the molecule is CNc1cc(-c2cn(OC3CCOC3)c3c2ccc[n+]3C)nc2c(C(=O)N[C@H]3CC[C@H]3O)cnn12. The predicted molar refractivity (Wildman–Crippen MR) is 127 cm³/mol. The Morgan fingerprint density at radius 1 is 1.34 bits per heavy atom. The number of nitrogens with zero attached hydrogens (tertiary/aromatic N) is 5. The molecule has 1 saturated heterocycles. The van der Waals surface area contributed by atoms with E-state index >= 15 is 0 Å². The average Bonchev–Trinajstić information content (AvgIpc) is 3.60. The minimum Gasteiger partial charge on any atom is -0.391 e. The van der Waals surface area contributed by atoms with Crippen molar-refractivity contribution in [2.24, 2.45) is 7.05 Å². The highest BCUT2D eigenvalue weighted by molar-refractivity contribution is 6.01. The fraction of sp³-hybridized carbons (Fsp3) is 0.417. The third kappa shape index (κ3) is 3.67. The fourth-order valence-electron chi connectivity index (χ4n) is 4.71. The van der Waals surface area contributed by atoms with E-state index in [-0.39, 0.29) is 18.1 Å². The molecule has 1 unspecified atom stereocenters. The van der Waals surface area contributed by atoms with Gasteiger partial charge in [-0.2, -0.15) is 9.61 Å². The van der Waals surface area contributed by atoms with Gasteiger partial charge in [0.1, 0.15) is 17.6 Å². The van der Waals surface area contributed by atoms with E-state index in [9.17, 15) is 9.90 Å². The molecule has 4 aromatic heterocycles. The van der Waals surface area contributed by atoms with Gasteiger partial charge in [0.15, 0.2) is 11.8 Å². The number of hydrogen-bond acceptors (Lipinski definition) is 7. The quantitative estimate of drug-likeness (QED) is 0.349. The number of hydrogen-bond donors (Lipinski definition) is 3. The van der Waals surface area contributed by atoms with Crippen LogP contribution in [-0.4, -0.2) is 68.9 Å². The summed E-state index contributed by atoms with van der Waals surface area (Å²) in [7, 11) is 3.78. The Labute approximate surface area is 201 Å². The van der Waals surface area contributed by atoms with Crippen molar-refractivity contribution in [3.63, 3.8) is 0 Å². The summed E-state index contributed by atoms with van der Waals surface area (Å²) in [5, 5.41) is 21.3. The summed E-state index contributed by atoms with van der Waals surface area (Å²) in [5.74, 6) is 0.396. The second kappa shape index (κ2) is 8.51. The average molecular weight is 479 g/mol. The summed E-state index contributed by atoms with van der Waals surface area (Å²) in [6.45, 7) is 1.25. The first kappa shape index (κ1) is 21.8. The minimum atomic E-state index is -0.505. The van der Waals surface area contributed by atoms with E-state index in [1.165, 1.54) is 6.20 Å². The van der Waals surface area contributed by atoms with Crippen LogP contribution in [-0.2, 0) is 11.8 Å². The Morgan fingerprint density at radius 3 is 2.94 bits per heavy atom. The van der Waals surface area contributed by atoms with Crippen LogP contribution in [0.25, 0.3) is 27.9 Å². The number of carbonyl (C=O) groups excluding carboxylic acids is 1. The summed E-state index contributed by atoms with van der Waals surface area (Å²) in [5.41, 5.74) is 3.24. The van der Waals surface area contributed by atoms with Gasteiger partial charge in [0, 0.05) is 19.5 Å². The number of pyridine rings is 1. The molecule has 0 spiro atoms. The summed E-state index contributed by atoms with van der Waals surface area (Å²) in [6, 6.07) is 5.68. The standard InChI is InChI=1S/C24H27N7O4/c1-25-21-10-19(27-22-16(11-26-31(21)22)23(33)28-18-5-6-20(18)32)17-12-30(35-14-7-9-34-13-14)24-15(17)4-3-8-29(24)2/h3-4,8,10-12,14,18,20,32H,5-7,9,13H2,1-2H3,(H-,25,26,27,28,33)/p+1/t14?,18-,20+/m0/s1. The largest absolute Gasteiger partial charge is 0.391 e. The molecule has 4 aromatic rings. The molecule has 182 valence electrons. The maximum absolute atomic E-state index is 13.0. The lowest BCUT2D eigenvalue weighted by Gasteiger charge is -2.32. The van der Waals surface area contributed by atoms with Crippen molar-refractivity contribution in [2.75, 3.05) is 25.6 Å². The third-order valence-corrected chi connectivity index (χ3v) is 6.85. The summed E-state index contributed by atoms with van der Waals surface area (Å²) in [6.07, 6.45) is 7.19. The fourth-order valence-corrected chi connectivity index (χ4v) is 4.71. The van der Waals surface area contributed by atoms with Crippen LogP contribution >= 0.6 is 0 Å². The molecule has 5 heterocycles. The minimum absolute atomic E-state index is 0.0195. The zero-order chi connectivity index (χ0) is 24.1. The van der Waals surface area contributed by atoms with E-state index in [1.807, 2.05) is 42.2 Å². The van der Waals surface area contributed by atoms with Gasteiger partial charge in [-0.1, -0.05) is 0 Å². The molecular weight excluding hydrogens is 450 g/mol. The molecule has 11 heteroatoms. The summed E-state index contributed by atoms with van der Waals surface area (Å²) < 4.78 is 10.9. The Balaban J connectivity index is 1.46. The third-order valence-electron chi connectivity index (χ3n) is 6.85. The Kier molecular flexibility index (Phi) is 5.30. The van der Waals surface area contributed by atoms with Crippen LogP contribution in [0.4, 0.5) is 5.82 Å². The van der Waals surface area contributed by atoms with Gasteiger partial charge in [0.2, 0.25) is 0 Å². The number of carbonyl (C=O) groups is 1. The van der Waals surface area contributed by atoms with E-state index in [0.29, 0.717) is 42.4 Å². The maximum atomic E-state index is 13.0. The second-order valence-electron chi connectivity index (χ2n) is 9.11. The topological polar surface area (TPSA) is 119 Å². The van der Waals surface area contributed by atoms with Crippen molar-refractivity contribution in [3.05, 3.63) is 42.4 Å². The number of aromatic nitrogens is 5. The van der Waals surface area contributed by atoms with Crippen LogP contribution in [0.1, 0.15) is 29.6 Å². The number of anilines is 1. The molecule has 2 aliphatic rings. The molecular formula is C24H28N7O4+. The Morgan fingerprint density at radius 2 is 2.23 bits per heavy atom. The zero-order valence-corrected chi connectivity index (χ0v) is 19.6. The number of ether oxygens (including phenoxy) is 1. The highest BCUT2D eigenvalue weighted by atomic mass is 16.7. The number of aliphatic hydroxyl groups is 1. The molecule has 0 radical (unpaired) electrons. The summed E-state index contributed by atoms with van der Waals surface area (Å²) >= 11 is 0. The van der Waals surface area contributed by atoms with Gasteiger partial charge in [-0.3, -0.25) is 4.79 Å². The van der Waals surface area contributed by atoms with Crippen LogP contribution < -0.4 is 20.0 Å². The number of amides is 1. The predicted octanol–water partition coefficient (Wildman–Crippen LogP) is 0.688. The first-order valence-electron chi connectivity index (χ1n) is 11.8. The molecule has 11 nitrogen and oxygen atoms in total. The summed E-state index contributed by atoms with van der Waals surface area (Å²) in [4.78, 5) is 24.1. The van der Waals surface area contributed by atoms with Crippen molar-refractivity contribution < 1.29 is 24.0 Å². The molecule has 1 saturated carbocycles. The van der Waals surface area contributed by atoms with Crippen molar-refractivity contribution in [1.29, 1.82) is 0 Å². The van der Waals surface area contributed by atoms with Crippen molar-refractivity contribution in [2.45, 2.75) is 37.5 Å². The van der Waals surface area contributed by atoms with Crippen LogP contribution in [0.2, 0.25) is 0 Å². The van der Waals surface area contributed by atoms with Gasteiger partial charge in [0.05, 0.1) is 61.4 Å². The zero-order valence-electron chi connectivity index (χ0n) is 19.6. The lowest BCUT2D eigenvalue weighted by molar-refractivity contribution is -0.649. The van der Waals surface area contributed by atoms with E-state index < -0.39 is 6.10 Å². The first-order chi connectivity index (χ1) is 17.0. The molecule has 1 aliphatic heterocycles. The lowest BCUT2D eigenvalue weighted by atomic mass is 9.89. The van der Waals surface area contributed by atoms with E-state index in [1.54, 1.807) is 16.3 Å². The number of aliphatic hydroxyl groups excluding tert-OH is 1. The van der Waals surface area contributed by atoms with Crippen LogP contribution in [0.15, 0.2) is 36.8 Å². The van der Waals surface area contributed by atoms with E-state index in [2.05, 4.69) is 15.7 Å². The highest BCUT2D eigenvalue weighted by Gasteiger charge is 2.32. The van der Waals surface area contributed by atoms with Gasteiger partial charge < -0.3 is 25.3 Å². The second-order valence-corrected chi connectivity index (χ2v) is 9.11. The molecule has 0 bridgehead atoms. The molecule has 3 atom stereocenters. The van der Waals surface area contributed by atoms with Gasteiger partial charge in [0.25, 0.3) is 5.91 Å². The van der Waals surface area contributed by atoms with Crippen molar-refractivity contribution in [3.8, 4) is 11.3 Å². The number of aryl methyl sites for hydroxylation is 1. The number of rotatable bonds is 6. The molecule has 0 aromatic carbocycles. The van der Waals surface area contributed by atoms with Gasteiger partial charge in [-0.15, -0.1) is 0 Å². The maximum Gasteiger partial charge on any atom is 0.328 e. The monoisotopic (exact) mass is 478 g/mol. The van der Waals surface area contributed by atoms with Gasteiger partial charge in [-0.25, -0.2) is 9.55 Å². The Bertz CT molecular complexity index is 1420. The number of fused-ring (bicyclic) bond motifs is 2. The van der Waals surface area contributed by atoms with Crippen molar-refractivity contribution in [1.82, 2.24) is 24.6 Å². The highest BCUT2D eigenvalue weighted by Crippen LogP contribution is 2.31. The first-order valence-corrected chi connectivity index (χ1v) is 11.8. The van der Waals surface area contributed by atoms with Crippen LogP contribution in [0.5, 0.6) is 0 Å². The van der Waals surface area contributed by atoms with E-state index in [4.69, 9.17) is 14.6 Å². The smallest absolute Gasteiger partial charge is 0.328 e.